The van der Waals surface area contributed by atoms with E-state index in [2.05, 4.69) is 84.5 Å². The molecule has 4 heterocycles. The third-order valence-corrected chi connectivity index (χ3v) is 10.8. The van der Waals surface area contributed by atoms with Gasteiger partial charge in [0.1, 0.15) is 11.6 Å². The summed E-state index contributed by atoms with van der Waals surface area (Å²) >= 11 is 3.61. The molecule has 258 valence electrons. The average Bonchev–Trinajstić information content (AvgIpc) is 3.95. The Morgan fingerprint density at radius 1 is 0.980 bits per heavy atom. The van der Waals surface area contributed by atoms with Gasteiger partial charge in [0.15, 0.2) is 0 Å². The van der Waals surface area contributed by atoms with E-state index in [-0.39, 0.29) is 6.42 Å². The van der Waals surface area contributed by atoms with E-state index in [1.54, 1.807) is 13.3 Å². The van der Waals surface area contributed by atoms with Crippen LogP contribution >= 0.6 is 15.9 Å². The number of hydrogen-bond acceptors (Lipinski definition) is 10. The molecule has 0 amide bonds. The fraction of sp³-hybridized carbons (Fsp3) is 0.459. The number of aliphatic carboxylic acids is 1. The molecule has 7 rings (SSSR count). The number of carboxylic acids is 1. The first-order chi connectivity index (χ1) is 23.7. The fourth-order valence-electron chi connectivity index (χ4n) is 7.21. The van der Waals surface area contributed by atoms with Gasteiger partial charge >= 0.3 is 5.97 Å². The largest absolute Gasteiger partial charge is 0.494 e. The lowest BCUT2D eigenvalue weighted by Gasteiger charge is -2.43. The number of fused-ring (bicyclic) bond motifs is 1. The number of benzene rings is 2. The first kappa shape index (κ1) is 33.5. The number of methoxy groups -OCH3 is 1. The third kappa shape index (κ3) is 7.61. The van der Waals surface area contributed by atoms with Crippen molar-refractivity contribution in [1.82, 2.24) is 24.8 Å². The molecule has 0 bridgehead atoms. The van der Waals surface area contributed by atoms with Crippen LogP contribution in [0.3, 0.4) is 0 Å². The average molecular weight is 730 g/mol. The van der Waals surface area contributed by atoms with Gasteiger partial charge in [0.05, 0.1) is 22.8 Å². The van der Waals surface area contributed by atoms with Gasteiger partial charge < -0.3 is 30.3 Å². The van der Waals surface area contributed by atoms with E-state index in [4.69, 9.17) is 14.7 Å². The summed E-state index contributed by atoms with van der Waals surface area (Å²) < 4.78 is 6.56. The zero-order valence-corrected chi connectivity index (χ0v) is 30.1. The first-order valence-corrected chi connectivity index (χ1v) is 18.1. The molecule has 2 aromatic heterocycles. The summed E-state index contributed by atoms with van der Waals surface area (Å²) in [5.74, 6) is 1.40. The minimum Gasteiger partial charge on any atom is -0.494 e. The number of carbonyl (C=O) groups is 1. The minimum absolute atomic E-state index is 0.0132. The summed E-state index contributed by atoms with van der Waals surface area (Å²) in [4.78, 5) is 33.4. The topological polar surface area (TPSA) is 119 Å². The van der Waals surface area contributed by atoms with Crippen molar-refractivity contribution in [1.29, 1.82) is 0 Å². The van der Waals surface area contributed by atoms with E-state index >= 15 is 0 Å². The SMILES string of the molecule is COc1cc(N2CCC(N3CCN(C)CC3)CC2)c(C)cc1Nc1ncc(Br)c(Nc2ccc3nc(C4CC4)ccc3c2CCC(=O)O)n1. The smallest absolute Gasteiger partial charge is 0.303 e. The zero-order chi connectivity index (χ0) is 34.1. The molecule has 2 aliphatic heterocycles. The molecule has 2 saturated heterocycles. The molecule has 0 radical (unpaired) electrons. The number of anilines is 5. The van der Waals surface area contributed by atoms with Crippen LogP contribution in [0.1, 0.15) is 54.8 Å². The summed E-state index contributed by atoms with van der Waals surface area (Å²) in [7, 11) is 3.90. The Morgan fingerprint density at radius 2 is 1.76 bits per heavy atom. The number of rotatable bonds is 11. The molecule has 3 fully saturated rings. The van der Waals surface area contributed by atoms with Crippen LogP contribution in [0.5, 0.6) is 5.75 Å². The highest BCUT2D eigenvalue weighted by Gasteiger charge is 2.28. The van der Waals surface area contributed by atoms with E-state index in [9.17, 15) is 9.90 Å². The van der Waals surface area contributed by atoms with Crippen molar-refractivity contribution in [3.05, 3.63) is 63.9 Å². The molecular weight excluding hydrogens is 684 g/mol. The van der Waals surface area contributed by atoms with Crippen LogP contribution in [0.15, 0.2) is 47.1 Å². The van der Waals surface area contributed by atoms with Crippen LogP contribution in [0.2, 0.25) is 0 Å². The highest BCUT2D eigenvalue weighted by molar-refractivity contribution is 9.10. The molecule has 49 heavy (non-hydrogen) atoms. The molecule has 12 heteroatoms. The lowest BCUT2D eigenvalue weighted by atomic mass is 10.0. The maximum atomic E-state index is 11.6. The predicted molar refractivity (Wildman–Crippen MR) is 198 cm³/mol. The molecule has 0 unspecified atom stereocenters. The van der Waals surface area contributed by atoms with E-state index in [0.29, 0.717) is 34.6 Å². The van der Waals surface area contributed by atoms with Gasteiger partial charge in [0.25, 0.3) is 0 Å². The second-order valence-electron chi connectivity index (χ2n) is 13.6. The highest BCUT2D eigenvalue weighted by Crippen LogP contribution is 2.41. The summed E-state index contributed by atoms with van der Waals surface area (Å²) in [5.41, 5.74) is 6.82. The van der Waals surface area contributed by atoms with Crippen molar-refractivity contribution in [2.75, 3.05) is 69.0 Å². The Kier molecular flexibility index (Phi) is 9.89. The van der Waals surface area contributed by atoms with Gasteiger partial charge in [-0.3, -0.25) is 14.7 Å². The van der Waals surface area contributed by atoms with Gasteiger partial charge in [0.2, 0.25) is 5.95 Å². The molecule has 2 aromatic carbocycles. The predicted octanol–water partition coefficient (Wildman–Crippen LogP) is 6.70. The minimum atomic E-state index is -0.842. The number of piperidine rings is 1. The van der Waals surface area contributed by atoms with Crippen molar-refractivity contribution < 1.29 is 14.6 Å². The molecule has 0 spiro atoms. The molecule has 11 nitrogen and oxygen atoms in total. The molecular formula is C37H45BrN8O3. The standard InChI is InChI=1S/C37H45BrN8O3/c1-23-20-32(34(49-3)21-33(23)46-14-12-25(13-15-46)45-18-16-44(2)17-19-45)42-37-39-22-28(38)36(43-37)41-31-10-9-30-26(27(31)7-11-35(47)48)6-8-29(40-30)24-4-5-24/h6,8-10,20-22,24-25H,4-5,7,11-19H2,1-3H3,(H,47,48)(H2,39,41,42,43). The van der Waals surface area contributed by atoms with Crippen molar-refractivity contribution in [2.45, 2.75) is 57.4 Å². The van der Waals surface area contributed by atoms with Gasteiger partial charge in [-0.15, -0.1) is 0 Å². The number of nitrogens with one attached hydrogen (secondary N) is 2. The molecule has 1 saturated carbocycles. The van der Waals surface area contributed by atoms with Crippen molar-refractivity contribution in [3.8, 4) is 5.75 Å². The lowest BCUT2D eigenvalue weighted by molar-refractivity contribution is -0.136. The first-order valence-electron chi connectivity index (χ1n) is 17.3. The number of hydrogen-bond donors (Lipinski definition) is 3. The fourth-order valence-corrected chi connectivity index (χ4v) is 7.50. The quantitative estimate of drug-likeness (QED) is 0.153. The zero-order valence-electron chi connectivity index (χ0n) is 28.5. The van der Waals surface area contributed by atoms with E-state index in [1.165, 1.54) is 31.4 Å². The second kappa shape index (κ2) is 14.5. The van der Waals surface area contributed by atoms with E-state index in [1.807, 2.05) is 12.1 Å². The monoisotopic (exact) mass is 728 g/mol. The van der Waals surface area contributed by atoms with Crippen LogP contribution in [-0.4, -0.2) is 95.3 Å². The van der Waals surface area contributed by atoms with E-state index in [0.717, 1.165) is 84.1 Å². The number of aryl methyl sites for hydroxylation is 2. The Bertz CT molecular complexity index is 1830. The van der Waals surface area contributed by atoms with Gasteiger partial charge in [0, 0.05) is 92.4 Å². The maximum absolute atomic E-state index is 11.6. The Labute approximate surface area is 296 Å². The summed E-state index contributed by atoms with van der Waals surface area (Å²) in [5, 5.41) is 17.3. The number of likely N-dealkylation sites (N-methyl/N-ethyl adjacent to an activating group) is 1. The number of pyridine rings is 1. The number of halogens is 1. The third-order valence-electron chi connectivity index (χ3n) is 10.2. The van der Waals surface area contributed by atoms with Crippen molar-refractivity contribution in [3.63, 3.8) is 0 Å². The Balaban J connectivity index is 1.09. The van der Waals surface area contributed by atoms with Gasteiger partial charge in [-0.25, -0.2) is 4.98 Å². The molecule has 3 aliphatic rings. The van der Waals surface area contributed by atoms with Gasteiger partial charge in [-0.2, -0.15) is 4.98 Å². The molecule has 4 aromatic rings. The maximum Gasteiger partial charge on any atom is 0.303 e. The molecule has 3 N–H and O–H groups in total. The Hall–Kier alpha value is -4.00. The summed E-state index contributed by atoms with van der Waals surface area (Å²) in [6.45, 7) is 8.83. The van der Waals surface area contributed by atoms with Crippen LogP contribution in [-0.2, 0) is 11.2 Å². The van der Waals surface area contributed by atoms with Gasteiger partial charge in [-0.1, -0.05) is 6.07 Å². The van der Waals surface area contributed by atoms with Crippen molar-refractivity contribution in [2.24, 2.45) is 0 Å². The van der Waals surface area contributed by atoms with Crippen LogP contribution in [0.25, 0.3) is 10.9 Å². The number of ether oxygens (including phenoxy) is 1. The molecule has 1 aliphatic carbocycles. The number of carboxylic acid groups (broad SMARTS) is 1. The number of piperazine rings is 1. The van der Waals surface area contributed by atoms with E-state index < -0.39 is 5.97 Å². The lowest BCUT2D eigenvalue weighted by Crippen LogP contribution is -2.52. The van der Waals surface area contributed by atoms with Crippen LogP contribution in [0, 0.1) is 6.92 Å². The number of nitrogens with zero attached hydrogens (tertiary/aromatic N) is 6. The van der Waals surface area contributed by atoms with Gasteiger partial charge in [-0.05, 0) is 97.4 Å². The van der Waals surface area contributed by atoms with Crippen molar-refractivity contribution >= 4 is 61.6 Å². The number of aromatic nitrogens is 3. The molecule has 0 atom stereocenters. The summed E-state index contributed by atoms with van der Waals surface area (Å²) in [6.07, 6.45) is 6.77. The Morgan fingerprint density at radius 3 is 2.47 bits per heavy atom. The summed E-state index contributed by atoms with van der Waals surface area (Å²) in [6, 6.07) is 13.0. The van der Waals surface area contributed by atoms with Crippen LogP contribution < -0.4 is 20.3 Å². The normalized spacial score (nSPS) is 17.8. The van der Waals surface area contributed by atoms with Crippen LogP contribution in [0.4, 0.5) is 28.8 Å². The second-order valence-corrected chi connectivity index (χ2v) is 14.5. The highest BCUT2D eigenvalue weighted by atomic mass is 79.9.